The summed E-state index contributed by atoms with van der Waals surface area (Å²) in [6.45, 7) is 5.78. The first-order valence-corrected chi connectivity index (χ1v) is 9.94. The molecule has 21 heavy (non-hydrogen) atoms. The van der Waals surface area contributed by atoms with Crippen molar-refractivity contribution in [1.29, 1.82) is 0 Å². The van der Waals surface area contributed by atoms with E-state index >= 15 is 0 Å². The van der Waals surface area contributed by atoms with Crippen LogP contribution in [0.4, 0.5) is 0 Å². The Labute approximate surface area is 134 Å². The van der Waals surface area contributed by atoms with Gasteiger partial charge in [0.1, 0.15) is 0 Å². The van der Waals surface area contributed by atoms with Crippen LogP contribution in [-0.2, 0) is 12.8 Å². The van der Waals surface area contributed by atoms with E-state index in [1.807, 2.05) is 0 Å². The Morgan fingerprint density at radius 1 is 1.14 bits per heavy atom. The Morgan fingerprint density at radius 2 is 1.90 bits per heavy atom. The molecular weight excluding hydrogens is 274 g/mol. The van der Waals surface area contributed by atoms with Gasteiger partial charge in [-0.1, -0.05) is 33.1 Å². The summed E-state index contributed by atoms with van der Waals surface area (Å²) in [5.74, 6) is 1.81. The molecular formula is C19H31NS. The highest BCUT2D eigenvalue weighted by molar-refractivity contribution is 7.12. The van der Waals surface area contributed by atoms with Crippen LogP contribution >= 0.6 is 11.3 Å². The highest BCUT2D eigenvalue weighted by Crippen LogP contribution is 2.40. The van der Waals surface area contributed by atoms with Gasteiger partial charge in [-0.3, -0.25) is 0 Å². The monoisotopic (exact) mass is 305 g/mol. The number of hydrogen-bond acceptors (Lipinski definition) is 2. The van der Waals surface area contributed by atoms with Crippen molar-refractivity contribution in [3.63, 3.8) is 0 Å². The molecule has 0 aromatic carbocycles. The molecule has 1 N–H and O–H groups in total. The molecule has 0 saturated heterocycles. The van der Waals surface area contributed by atoms with Crippen LogP contribution in [0.2, 0.25) is 0 Å². The van der Waals surface area contributed by atoms with Crippen molar-refractivity contribution in [1.82, 2.24) is 5.32 Å². The van der Waals surface area contributed by atoms with Gasteiger partial charge in [0.15, 0.2) is 0 Å². The van der Waals surface area contributed by atoms with Gasteiger partial charge in [-0.2, -0.15) is 0 Å². The highest BCUT2D eigenvalue weighted by Gasteiger charge is 2.28. The molecule has 0 spiro atoms. The molecule has 0 radical (unpaired) electrons. The molecule has 2 aliphatic carbocycles. The number of aryl methyl sites for hydroxylation is 2. The quantitative estimate of drug-likeness (QED) is 0.725. The number of hydrogen-bond donors (Lipinski definition) is 1. The van der Waals surface area contributed by atoms with Crippen molar-refractivity contribution in [3.8, 4) is 0 Å². The van der Waals surface area contributed by atoms with Gasteiger partial charge in [0, 0.05) is 15.8 Å². The van der Waals surface area contributed by atoms with Crippen molar-refractivity contribution >= 4 is 11.3 Å². The molecule has 0 aliphatic heterocycles. The van der Waals surface area contributed by atoms with Crippen LogP contribution in [0.25, 0.3) is 0 Å². The number of thiophene rings is 1. The van der Waals surface area contributed by atoms with E-state index in [1.54, 1.807) is 15.3 Å². The van der Waals surface area contributed by atoms with Crippen LogP contribution < -0.4 is 5.32 Å². The largest absolute Gasteiger partial charge is 0.309 e. The lowest BCUT2D eigenvalue weighted by Crippen LogP contribution is -2.30. The van der Waals surface area contributed by atoms with Gasteiger partial charge in [-0.05, 0) is 68.5 Å². The fraction of sp³-hybridized carbons (Fsp3) is 0.789. The Hall–Kier alpha value is -0.340. The third-order valence-corrected chi connectivity index (χ3v) is 6.85. The maximum atomic E-state index is 3.82. The minimum Gasteiger partial charge on any atom is -0.309 e. The maximum absolute atomic E-state index is 3.82. The summed E-state index contributed by atoms with van der Waals surface area (Å²) in [4.78, 5) is 3.35. The molecule has 1 fully saturated rings. The predicted molar refractivity (Wildman–Crippen MR) is 93.1 cm³/mol. The first-order chi connectivity index (χ1) is 10.3. The van der Waals surface area contributed by atoms with Gasteiger partial charge in [-0.25, -0.2) is 0 Å². The topological polar surface area (TPSA) is 12.0 Å². The zero-order chi connectivity index (χ0) is 14.7. The van der Waals surface area contributed by atoms with Gasteiger partial charge in [-0.15, -0.1) is 11.3 Å². The Bertz CT molecular complexity index is 419. The molecule has 0 bridgehead atoms. The minimum absolute atomic E-state index is 0.624. The van der Waals surface area contributed by atoms with Gasteiger partial charge >= 0.3 is 0 Å². The van der Waals surface area contributed by atoms with Gasteiger partial charge in [0.05, 0.1) is 0 Å². The maximum Gasteiger partial charge on any atom is 0.0443 e. The van der Waals surface area contributed by atoms with E-state index in [0.717, 1.165) is 18.4 Å². The molecule has 3 rings (SSSR count). The molecule has 2 heteroatoms. The summed E-state index contributed by atoms with van der Waals surface area (Å²) in [6, 6.07) is 3.19. The van der Waals surface area contributed by atoms with Crippen molar-refractivity contribution in [2.45, 2.75) is 77.7 Å². The first-order valence-electron chi connectivity index (χ1n) is 9.12. The average molecular weight is 306 g/mol. The Balaban J connectivity index is 1.77. The zero-order valence-corrected chi connectivity index (χ0v) is 14.6. The van der Waals surface area contributed by atoms with Crippen molar-refractivity contribution < 1.29 is 0 Å². The second-order valence-corrected chi connectivity index (χ2v) is 8.38. The van der Waals surface area contributed by atoms with Crippen molar-refractivity contribution in [2.24, 2.45) is 11.8 Å². The lowest BCUT2D eigenvalue weighted by Gasteiger charge is -2.32. The summed E-state index contributed by atoms with van der Waals surface area (Å²) in [7, 11) is 0. The summed E-state index contributed by atoms with van der Waals surface area (Å²) in [5.41, 5.74) is 1.68. The van der Waals surface area contributed by atoms with E-state index in [1.165, 1.54) is 57.8 Å². The lowest BCUT2D eigenvalue weighted by molar-refractivity contribution is 0.235. The average Bonchev–Trinajstić information content (AvgIpc) is 2.76. The van der Waals surface area contributed by atoms with E-state index < -0.39 is 0 Å². The van der Waals surface area contributed by atoms with E-state index in [-0.39, 0.29) is 0 Å². The highest BCUT2D eigenvalue weighted by atomic mass is 32.1. The normalized spacial score (nSPS) is 27.9. The number of rotatable bonds is 4. The molecule has 118 valence electrons. The fourth-order valence-corrected chi connectivity index (χ4v) is 5.61. The fourth-order valence-electron chi connectivity index (χ4n) is 4.18. The summed E-state index contributed by atoms with van der Waals surface area (Å²) >= 11 is 2.13. The van der Waals surface area contributed by atoms with Crippen molar-refractivity contribution in [3.05, 3.63) is 21.4 Å². The molecule has 1 nitrogen and oxygen atoms in total. The summed E-state index contributed by atoms with van der Waals surface area (Å²) < 4.78 is 0. The Kier molecular flexibility index (Phi) is 5.39. The van der Waals surface area contributed by atoms with Crippen LogP contribution in [0.1, 0.15) is 80.2 Å². The van der Waals surface area contributed by atoms with Gasteiger partial charge < -0.3 is 5.32 Å². The van der Waals surface area contributed by atoms with Crippen LogP contribution in [0.15, 0.2) is 6.07 Å². The second-order valence-electron chi connectivity index (χ2n) is 7.21. The SMILES string of the molecule is CCNC(c1cc2c(s1)CCCCC2)C1CCC(C)CC1. The van der Waals surface area contributed by atoms with Gasteiger partial charge in [0.2, 0.25) is 0 Å². The minimum atomic E-state index is 0.624. The smallest absolute Gasteiger partial charge is 0.0443 e. The number of fused-ring (bicyclic) bond motifs is 1. The molecule has 0 amide bonds. The van der Waals surface area contributed by atoms with E-state index in [4.69, 9.17) is 0 Å². The summed E-state index contributed by atoms with van der Waals surface area (Å²) in [6.07, 6.45) is 12.6. The number of nitrogens with one attached hydrogen (secondary N) is 1. The molecule has 1 aromatic heterocycles. The summed E-state index contributed by atoms with van der Waals surface area (Å²) in [5, 5.41) is 3.82. The zero-order valence-electron chi connectivity index (χ0n) is 13.8. The standard InChI is InChI=1S/C19H31NS/c1-3-20-19(15-11-9-14(2)10-12-15)18-13-16-7-5-4-6-8-17(16)21-18/h13-15,19-20H,3-12H2,1-2H3. The molecule has 1 saturated carbocycles. The molecule has 2 aliphatic rings. The van der Waals surface area contributed by atoms with Crippen LogP contribution in [0.3, 0.4) is 0 Å². The third kappa shape index (κ3) is 3.71. The lowest BCUT2D eigenvalue weighted by atomic mass is 9.78. The predicted octanol–water partition coefficient (Wildman–Crippen LogP) is 5.49. The van der Waals surface area contributed by atoms with E-state index in [0.29, 0.717) is 6.04 Å². The van der Waals surface area contributed by atoms with Gasteiger partial charge in [0.25, 0.3) is 0 Å². The molecule has 1 unspecified atom stereocenters. The third-order valence-electron chi connectivity index (χ3n) is 5.53. The van der Waals surface area contributed by atoms with Crippen LogP contribution in [0.5, 0.6) is 0 Å². The second kappa shape index (κ2) is 7.28. The van der Waals surface area contributed by atoms with E-state index in [9.17, 15) is 0 Å². The Morgan fingerprint density at radius 3 is 2.67 bits per heavy atom. The van der Waals surface area contributed by atoms with Crippen LogP contribution in [0, 0.1) is 11.8 Å². The first kappa shape index (κ1) is 15.6. The van der Waals surface area contributed by atoms with Crippen LogP contribution in [-0.4, -0.2) is 6.54 Å². The van der Waals surface area contributed by atoms with Crippen molar-refractivity contribution in [2.75, 3.05) is 6.54 Å². The molecule has 1 aromatic rings. The van der Waals surface area contributed by atoms with E-state index in [2.05, 4.69) is 36.6 Å². The molecule has 1 heterocycles. The molecule has 1 atom stereocenters.